The normalized spacial score (nSPS) is 14.4. The Balaban J connectivity index is 1.49. The van der Waals surface area contributed by atoms with Crippen LogP contribution in [0.3, 0.4) is 0 Å². The molecule has 0 spiro atoms. The molecule has 1 aromatic carbocycles. The van der Waals surface area contributed by atoms with Crippen LogP contribution in [0.1, 0.15) is 26.4 Å². The van der Waals surface area contributed by atoms with Crippen molar-refractivity contribution >= 4 is 46.4 Å². The Morgan fingerprint density at radius 2 is 1.81 bits per heavy atom. The van der Waals surface area contributed by atoms with Gasteiger partial charge in [0.2, 0.25) is 0 Å². The summed E-state index contributed by atoms with van der Waals surface area (Å²) in [7, 11) is 2.07. The number of rotatable bonds is 5. The largest absolute Gasteiger partial charge is 0.356 e. The van der Waals surface area contributed by atoms with Gasteiger partial charge in [-0.05, 0) is 31.3 Å². The van der Waals surface area contributed by atoms with Crippen LogP contribution in [0, 0.1) is 5.82 Å². The number of nitrogens with zero attached hydrogens (tertiary/aromatic N) is 3. The Kier molecular flexibility index (Phi) is 6.45. The van der Waals surface area contributed by atoms with E-state index in [1.54, 1.807) is 18.3 Å². The summed E-state index contributed by atoms with van der Waals surface area (Å²) in [5.41, 5.74) is 0.470. The molecule has 3 heterocycles. The molecule has 0 bridgehead atoms. The highest BCUT2D eigenvalue weighted by Crippen LogP contribution is 2.28. The van der Waals surface area contributed by atoms with Crippen molar-refractivity contribution in [1.82, 2.24) is 14.9 Å². The summed E-state index contributed by atoms with van der Waals surface area (Å²) >= 11 is 11.8. The molecule has 10 heteroatoms. The molecule has 2 N–H and O–H groups in total. The molecule has 0 unspecified atom stereocenters. The zero-order valence-corrected chi connectivity index (χ0v) is 18.7. The highest BCUT2D eigenvalue weighted by Gasteiger charge is 2.22. The molecule has 1 amide bonds. The smallest absolute Gasteiger partial charge is 0.272 e. The van der Waals surface area contributed by atoms with E-state index in [1.807, 2.05) is 0 Å². The first-order chi connectivity index (χ1) is 15.3. The van der Waals surface area contributed by atoms with Crippen LogP contribution in [-0.2, 0) is 0 Å². The Hall–Kier alpha value is -2.94. The van der Waals surface area contributed by atoms with E-state index < -0.39 is 17.5 Å². The molecule has 4 rings (SSSR count). The quantitative estimate of drug-likeness (QED) is 0.429. The van der Waals surface area contributed by atoms with Crippen molar-refractivity contribution in [2.45, 2.75) is 0 Å². The third-order valence-electron chi connectivity index (χ3n) is 5.29. The highest BCUT2D eigenvalue weighted by molar-refractivity contribution is 6.37. The summed E-state index contributed by atoms with van der Waals surface area (Å²) in [5, 5.41) is 2.52. The standard InChI is InChI=1S/C22H20Cl2FN5O2/c1-29-6-8-30(9-7-29)18-11-14(4-5-26-18)28-22(32)17-10-13(12-27-17)21(31)19-15(23)2-3-16(24)20(19)25/h2-5,10-12,27H,6-9H2,1H3,(H,26,28,32). The Bertz CT molecular complexity index is 1170. The van der Waals surface area contributed by atoms with Crippen molar-refractivity contribution in [3.8, 4) is 0 Å². The molecule has 1 aliphatic rings. The summed E-state index contributed by atoms with van der Waals surface area (Å²) in [5.74, 6) is -1.24. The van der Waals surface area contributed by atoms with Crippen molar-refractivity contribution < 1.29 is 14.0 Å². The molecule has 0 aliphatic carbocycles. The molecule has 0 atom stereocenters. The van der Waals surface area contributed by atoms with Gasteiger partial charge in [0, 0.05) is 55.9 Å². The fourth-order valence-corrected chi connectivity index (χ4v) is 3.83. The lowest BCUT2D eigenvalue weighted by Gasteiger charge is -2.33. The number of likely N-dealkylation sites (N-methyl/N-ethyl adjacent to an activating group) is 1. The number of aromatic nitrogens is 2. The van der Waals surface area contributed by atoms with Crippen LogP contribution >= 0.6 is 23.2 Å². The number of pyridine rings is 1. The van der Waals surface area contributed by atoms with Gasteiger partial charge in [-0.25, -0.2) is 9.37 Å². The molecule has 0 saturated carbocycles. The van der Waals surface area contributed by atoms with Crippen LogP contribution in [-0.4, -0.2) is 59.8 Å². The monoisotopic (exact) mass is 475 g/mol. The number of carbonyl (C=O) groups excluding carboxylic acids is 2. The predicted octanol–water partition coefficient (Wildman–Crippen LogP) is 4.09. The van der Waals surface area contributed by atoms with Gasteiger partial charge in [0.1, 0.15) is 11.5 Å². The van der Waals surface area contributed by atoms with Crippen molar-refractivity contribution in [2.75, 3.05) is 43.4 Å². The predicted molar refractivity (Wildman–Crippen MR) is 123 cm³/mol. The molecule has 3 aromatic rings. The number of piperazine rings is 1. The maximum atomic E-state index is 14.3. The van der Waals surface area contributed by atoms with E-state index in [1.165, 1.54) is 24.4 Å². The molecule has 1 fully saturated rings. The molecular weight excluding hydrogens is 456 g/mol. The molecule has 0 radical (unpaired) electrons. The van der Waals surface area contributed by atoms with Gasteiger partial charge in [0.15, 0.2) is 11.6 Å². The summed E-state index contributed by atoms with van der Waals surface area (Å²) in [4.78, 5) is 37.0. The first-order valence-corrected chi connectivity index (χ1v) is 10.7. The number of carbonyl (C=O) groups is 2. The van der Waals surface area contributed by atoms with Crippen LogP contribution < -0.4 is 10.2 Å². The van der Waals surface area contributed by atoms with Gasteiger partial charge in [0.25, 0.3) is 5.91 Å². The second kappa shape index (κ2) is 9.28. The van der Waals surface area contributed by atoms with Crippen LogP contribution in [0.25, 0.3) is 0 Å². The number of amides is 1. The third kappa shape index (κ3) is 4.62. The first kappa shape index (κ1) is 22.3. The van der Waals surface area contributed by atoms with E-state index in [4.69, 9.17) is 23.2 Å². The number of ketones is 1. The van der Waals surface area contributed by atoms with Gasteiger partial charge >= 0.3 is 0 Å². The second-order valence-corrected chi connectivity index (χ2v) is 8.31. The third-order valence-corrected chi connectivity index (χ3v) is 5.90. The topological polar surface area (TPSA) is 81.3 Å². The Morgan fingerprint density at radius 3 is 2.56 bits per heavy atom. The fraction of sp³-hybridized carbons (Fsp3) is 0.227. The Morgan fingerprint density at radius 1 is 1.09 bits per heavy atom. The summed E-state index contributed by atoms with van der Waals surface area (Å²) in [6.07, 6.45) is 2.97. The van der Waals surface area contributed by atoms with E-state index in [-0.39, 0.29) is 26.9 Å². The lowest BCUT2D eigenvalue weighted by molar-refractivity contribution is 0.102. The average Bonchev–Trinajstić information content (AvgIpc) is 3.28. The van der Waals surface area contributed by atoms with Gasteiger partial charge in [-0.15, -0.1) is 0 Å². The van der Waals surface area contributed by atoms with Crippen LogP contribution in [0.5, 0.6) is 0 Å². The minimum absolute atomic E-state index is 0.0580. The number of H-pyrrole nitrogens is 1. The lowest BCUT2D eigenvalue weighted by Crippen LogP contribution is -2.44. The average molecular weight is 476 g/mol. The summed E-state index contributed by atoms with van der Waals surface area (Å²) < 4.78 is 14.3. The molecule has 32 heavy (non-hydrogen) atoms. The molecular formula is C22H20Cl2FN5O2. The SMILES string of the molecule is CN1CCN(c2cc(NC(=O)c3cc(C(=O)c4c(Cl)ccc(Cl)c4F)c[nH]3)ccn2)CC1. The maximum Gasteiger partial charge on any atom is 0.272 e. The van der Waals surface area contributed by atoms with Crippen LogP contribution in [0.2, 0.25) is 10.0 Å². The molecule has 1 saturated heterocycles. The van der Waals surface area contributed by atoms with E-state index in [0.717, 1.165) is 32.0 Å². The molecule has 1 aliphatic heterocycles. The zero-order chi connectivity index (χ0) is 22.8. The first-order valence-electron chi connectivity index (χ1n) is 9.91. The number of hydrogen-bond acceptors (Lipinski definition) is 5. The van der Waals surface area contributed by atoms with Gasteiger partial charge in [-0.1, -0.05) is 23.2 Å². The van der Waals surface area contributed by atoms with E-state index in [0.29, 0.717) is 5.69 Å². The molecule has 7 nitrogen and oxygen atoms in total. The molecule has 166 valence electrons. The number of nitrogens with one attached hydrogen (secondary N) is 2. The van der Waals surface area contributed by atoms with Crippen LogP contribution in [0.15, 0.2) is 42.7 Å². The van der Waals surface area contributed by atoms with E-state index in [2.05, 4.69) is 32.1 Å². The lowest BCUT2D eigenvalue weighted by atomic mass is 10.0. The number of aromatic amines is 1. The second-order valence-electron chi connectivity index (χ2n) is 7.50. The fourth-order valence-electron chi connectivity index (χ4n) is 3.44. The van der Waals surface area contributed by atoms with Gasteiger partial charge < -0.3 is 20.1 Å². The van der Waals surface area contributed by atoms with Crippen LogP contribution in [0.4, 0.5) is 15.9 Å². The van der Waals surface area contributed by atoms with Crippen molar-refractivity contribution in [3.05, 3.63) is 75.4 Å². The van der Waals surface area contributed by atoms with E-state index in [9.17, 15) is 14.0 Å². The summed E-state index contributed by atoms with van der Waals surface area (Å²) in [6, 6.07) is 7.46. The minimum Gasteiger partial charge on any atom is -0.356 e. The van der Waals surface area contributed by atoms with Gasteiger partial charge in [-0.2, -0.15) is 0 Å². The van der Waals surface area contributed by atoms with Crippen molar-refractivity contribution in [1.29, 1.82) is 0 Å². The zero-order valence-electron chi connectivity index (χ0n) is 17.2. The van der Waals surface area contributed by atoms with Crippen molar-refractivity contribution in [3.63, 3.8) is 0 Å². The number of halogens is 3. The number of anilines is 2. The number of benzene rings is 1. The summed E-state index contributed by atoms with van der Waals surface area (Å²) in [6.45, 7) is 3.58. The van der Waals surface area contributed by atoms with Crippen molar-refractivity contribution in [2.24, 2.45) is 0 Å². The van der Waals surface area contributed by atoms with Gasteiger partial charge in [-0.3, -0.25) is 9.59 Å². The maximum absolute atomic E-state index is 14.3. The van der Waals surface area contributed by atoms with E-state index >= 15 is 0 Å². The molecule has 2 aromatic heterocycles. The minimum atomic E-state index is -0.899. The number of hydrogen-bond donors (Lipinski definition) is 2. The van der Waals surface area contributed by atoms with Gasteiger partial charge in [0.05, 0.1) is 15.6 Å². The Labute approximate surface area is 194 Å². The highest BCUT2D eigenvalue weighted by atomic mass is 35.5.